The molecule has 1 fully saturated rings. The van der Waals surface area contributed by atoms with Gasteiger partial charge in [0.2, 0.25) is 5.60 Å². The van der Waals surface area contributed by atoms with Crippen LogP contribution in [0.15, 0.2) is 54.6 Å². The Kier molecular flexibility index (Phi) is 2.71. The summed E-state index contributed by atoms with van der Waals surface area (Å²) in [4.78, 5) is 14.1. The van der Waals surface area contributed by atoms with Gasteiger partial charge in [-0.3, -0.25) is 4.79 Å². The standard InChI is InChI=1S/C18H14FNO2/c1-20-15-9-8-13(19)11-14(15)18(17(20)21)16(22-18)10-7-12-5-3-2-4-6-12/h2-11,16H,1H3/b10-7+/t16-,18?/m1/s1. The highest BCUT2D eigenvalue weighted by Crippen LogP contribution is 2.56. The topological polar surface area (TPSA) is 32.8 Å². The first-order valence-electron chi connectivity index (χ1n) is 7.12. The Morgan fingerprint density at radius 1 is 1.23 bits per heavy atom. The summed E-state index contributed by atoms with van der Waals surface area (Å²) >= 11 is 0. The maximum Gasteiger partial charge on any atom is 0.266 e. The maximum atomic E-state index is 13.6. The monoisotopic (exact) mass is 295 g/mol. The van der Waals surface area contributed by atoms with Crippen LogP contribution in [0.3, 0.4) is 0 Å². The molecule has 2 heterocycles. The van der Waals surface area contributed by atoms with Gasteiger partial charge >= 0.3 is 0 Å². The lowest BCUT2D eigenvalue weighted by Crippen LogP contribution is -2.30. The van der Waals surface area contributed by atoms with Crippen molar-refractivity contribution in [2.24, 2.45) is 0 Å². The molecule has 0 saturated carbocycles. The smallest absolute Gasteiger partial charge is 0.266 e. The van der Waals surface area contributed by atoms with Gasteiger partial charge in [0.05, 0.1) is 5.69 Å². The van der Waals surface area contributed by atoms with Crippen molar-refractivity contribution in [3.8, 4) is 0 Å². The SMILES string of the molecule is CN1C(=O)C2(O[C@@H]2/C=C/c2ccccc2)c2cc(F)ccc21. The molecule has 1 unspecified atom stereocenters. The van der Waals surface area contributed by atoms with E-state index in [4.69, 9.17) is 4.74 Å². The lowest BCUT2D eigenvalue weighted by molar-refractivity contribution is -0.122. The maximum absolute atomic E-state index is 13.6. The van der Waals surface area contributed by atoms with Crippen LogP contribution < -0.4 is 4.90 Å². The van der Waals surface area contributed by atoms with Crippen molar-refractivity contribution in [3.63, 3.8) is 0 Å². The van der Waals surface area contributed by atoms with Crippen LogP contribution in [-0.2, 0) is 15.1 Å². The van der Waals surface area contributed by atoms with E-state index in [0.29, 0.717) is 11.3 Å². The zero-order chi connectivity index (χ0) is 15.3. The number of anilines is 1. The Labute approximate surface area is 127 Å². The van der Waals surface area contributed by atoms with E-state index in [-0.39, 0.29) is 17.8 Å². The largest absolute Gasteiger partial charge is 0.346 e. The number of ether oxygens (including phenoxy) is 1. The van der Waals surface area contributed by atoms with Crippen LogP contribution in [0, 0.1) is 5.82 Å². The highest BCUT2D eigenvalue weighted by Gasteiger charge is 2.68. The van der Waals surface area contributed by atoms with E-state index in [1.807, 2.05) is 42.5 Å². The van der Waals surface area contributed by atoms with Crippen molar-refractivity contribution >= 4 is 17.7 Å². The van der Waals surface area contributed by atoms with Gasteiger partial charge in [0.25, 0.3) is 5.91 Å². The fraction of sp³-hybridized carbons (Fsp3) is 0.167. The number of nitrogens with zero attached hydrogens (tertiary/aromatic N) is 1. The second-order valence-corrected chi connectivity index (χ2v) is 5.57. The number of likely N-dealkylation sites (N-methyl/N-ethyl adjacent to an activating group) is 1. The van der Waals surface area contributed by atoms with Gasteiger partial charge in [0.1, 0.15) is 11.9 Å². The van der Waals surface area contributed by atoms with E-state index in [9.17, 15) is 9.18 Å². The summed E-state index contributed by atoms with van der Waals surface area (Å²) in [6.07, 6.45) is 3.43. The molecule has 0 radical (unpaired) electrons. The molecule has 0 aromatic heterocycles. The Balaban J connectivity index is 1.68. The Bertz CT molecular complexity index is 787. The van der Waals surface area contributed by atoms with Crippen LogP contribution >= 0.6 is 0 Å². The highest BCUT2D eigenvalue weighted by atomic mass is 19.1. The number of hydrogen-bond acceptors (Lipinski definition) is 2. The molecule has 2 aliphatic rings. The van der Waals surface area contributed by atoms with Gasteiger partial charge in [-0.1, -0.05) is 42.5 Å². The van der Waals surface area contributed by atoms with Gasteiger partial charge in [-0.2, -0.15) is 0 Å². The van der Waals surface area contributed by atoms with Crippen molar-refractivity contribution < 1.29 is 13.9 Å². The van der Waals surface area contributed by atoms with E-state index < -0.39 is 5.60 Å². The first kappa shape index (κ1) is 13.2. The molecule has 110 valence electrons. The summed E-state index contributed by atoms with van der Waals surface area (Å²) in [6.45, 7) is 0. The van der Waals surface area contributed by atoms with E-state index in [1.165, 1.54) is 17.0 Å². The fourth-order valence-electron chi connectivity index (χ4n) is 3.06. The molecule has 1 saturated heterocycles. The van der Waals surface area contributed by atoms with Crippen LogP contribution in [0.5, 0.6) is 0 Å². The van der Waals surface area contributed by atoms with Gasteiger partial charge in [-0.25, -0.2) is 4.39 Å². The normalized spacial score (nSPS) is 26.0. The van der Waals surface area contributed by atoms with Crippen molar-refractivity contribution in [1.82, 2.24) is 0 Å². The molecule has 2 aliphatic heterocycles. The molecule has 4 rings (SSSR count). The average Bonchev–Trinajstić information content (AvgIpc) is 3.23. The second-order valence-electron chi connectivity index (χ2n) is 5.57. The minimum absolute atomic E-state index is 0.143. The third-order valence-electron chi connectivity index (χ3n) is 4.26. The predicted molar refractivity (Wildman–Crippen MR) is 81.8 cm³/mol. The molecular formula is C18H14FNO2. The Morgan fingerprint density at radius 3 is 2.77 bits per heavy atom. The quantitative estimate of drug-likeness (QED) is 0.798. The molecule has 0 N–H and O–H groups in total. The van der Waals surface area contributed by atoms with Crippen molar-refractivity contribution in [2.45, 2.75) is 11.7 Å². The molecule has 0 aliphatic carbocycles. The predicted octanol–water partition coefficient (Wildman–Crippen LogP) is 3.11. The van der Waals surface area contributed by atoms with E-state index in [2.05, 4.69) is 0 Å². The summed E-state index contributed by atoms with van der Waals surface area (Å²) in [5.41, 5.74) is 1.31. The summed E-state index contributed by atoms with van der Waals surface area (Å²) in [5, 5.41) is 0. The second kappa shape index (κ2) is 4.52. The van der Waals surface area contributed by atoms with Gasteiger partial charge in [-0.05, 0) is 23.8 Å². The van der Waals surface area contributed by atoms with Crippen molar-refractivity contribution in [2.75, 3.05) is 11.9 Å². The number of benzene rings is 2. The Morgan fingerprint density at radius 2 is 2.00 bits per heavy atom. The number of fused-ring (bicyclic) bond motifs is 2. The van der Waals surface area contributed by atoms with Gasteiger partial charge in [0.15, 0.2) is 0 Å². The number of amides is 1. The molecule has 2 atom stereocenters. The zero-order valence-electron chi connectivity index (χ0n) is 12.0. The van der Waals surface area contributed by atoms with Crippen LogP contribution in [0.25, 0.3) is 6.08 Å². The molecular weight excluding hydrogens is 281 g/mol. The number of carbonyl (C=O) groups excluding carboxylic acids is 1. The number of hydrogen-bond donors (Lipinski definition) is 0. The first-order chi connectivity index (χ1) is 10.6. The molecule has 22 heavy (non-hydrogen) atoms. The van der Waals surface area contributed by atoms with Crippen LogP contribution in [0.4, 0.5) is 10.1 Å². The average molecular weight is 295 g/mol. The molecule has 2 aromatic rings. The third kappa shape index (κ3) is 1.74. The number of epoxide rings is 1. The summed E-state index contributed by atoms with van der Waals surface area (Å²) < 4.78 is 19.3. The zero-order valence-corrected chi connectivity index (χ0v) is 12.0. The molecule has 2 aromatic carbocycles. The third-order valence-corrected chi connectivity index (χ3v) is 4.26. The van der Waals surface area contributed by atoms with E-state index in [1.54, 1.807) is 13.1 Å². The lowest BCUT2D eigenvalue weighted by atomic mass is 9.96. The summed E-state index contributed by atoms with van der Waals surface area (Å²) in [6, 6.07) is 14.2. The van der Waals surface area contributed by atoms with Gasteiger partial charge in [-0.15, -0.1) is 0 Å². The highest BCUT2D eigenvalue weighted by molar-refractivity contribution is 6.09. The van der Waals surface area contributed by atoms with Crippen LogP contribution in [0.1, 0.15) is 11.1 Å². The summed E-state index contributed by atoms with van der Waals surface area (Å²) in [5.74, 6) is -0.502. The van der Waals surface area contributed by atoms with Gasteiger partial charge in [0, 0.05) is 12.6 Å². The lowest BCUT2D eigenvalue weighted by Gasteiger charge is -2.08. The molecule has 4 heteroatoms. The van der Waals surface area contributed by atoms with E-state index in [0.717, 1.165) is 5.56 Å². The van der Waals surface area contributed by atoms with Crippen LogP contribution in [-0.4, -0.2) is 19.1 Å². The van der Waals surface area contributed by atoms with Crippen LogP contribution in [0.2, 0.25) is 0 Å². The minimum atomic E-state index is -1.04. The molecule has 1 spiro atoms. The molecule has 1 amide bonds. The van der Waals surface area contributed by atoms with Crippen molar-refractivity contribution in [3.05, 3.63) is 71.6 Å². The fourth-order valence-corrected chi connectivity index (χ4v) is 3.06. The summed E-state index contributed by atoms with van der Waals surface area (Å²) in [7, 11) is 1.69. The minimum Gasteiger partial charge on any atom is -0.346 e. The van der Waals surface area contributed by atoms with E-state index >= 15 is 0 Å². The van der Waals surface area contributed by atoms with Gasteiger partial charge < -0.3 is 9.64 Å². The Hall–Kier alpha value is -2.46. The molecule has 0 bridgehead atoms. The van der Waals surface area contributed by atoms with Crippen molar-refractivity contribution in [1.29, 1.82) is 0 Å². The molecule has 3 nitrogen and oxygen atoms in total. The first-order valence-corrected chi connectivity index (χ1v) is 7.12. The number of carbonyl (C=O) groups is 1. The number of rotatable bonds is 2. The number of halogens is 1.